The van der Waals surface area contributed by atoms with Gasteiger partial charge in [0.05, 0.1) is 44.7 Å². The van der Waals surface area contributed by atoms with Gasteiger partial charge in [-0.1, -0.05) is 84.9 Å². The third-order valence-corrected chi connectivity index (χ3v) is 10.4. The van der Waals surface area contributed by atoms with Gasteiger partial charge in [-0.25, -0.2) is 19.3 Å². The monoisotopic (exact) mass is 782 g/mol. The number of esters is 1. The number of hydrogen-bond donors (Lipinski definition) is 2. The zero-order chi connectivity index (χ0) is 40.4. The molecule has 1 aliphatic heterocycles. The highest BCUT2D eigenvalue weighted by Crippen LogP contribution is 2.43. The van der Waals surface area contributed by atoms with Gasteiger partial charge in [0.1, 0.15) is 35.5 Å². The molecule has 294 valence electrons. The van der Waals surface area contributed by atoms with E-state index >= 15 is 0 Å². The Kier molecular flexibility index (Phi) is 10.4. The number of aromatic amines is 1. The van der Waals surface area contributed by atoms with E-state index in [1.807, 2.05) is 109 Å². The SMILES string of the molecule is COc1ccc(C(OC[C@H]2O[C@@H](n3c(=O)[nH]c(=O)c4nc5c(ccc6ccccc65)nc43)C[C@@H]2OC(=O)CCC(=O)O)(c2ccccc2)c2ccc(OC)cc2)cc1. The second-order valence-corrected chi connectivity index (χ2v) is 13.8. The first-order valence-electron chi connectivity index (χ1n) is 18.6. The molecule has 0 unspecified atom stereocenters. The number of ether oxygens (including phenoxy) is 5. The minimum absolute atomic E-state index is 0.0193. The van der Waals surface area contributed by atoms with Crippen molar-refractivity contribution in [2.45, 2.75) is 43.3 Å². The minimum Gasteiger partial charge on any atom is -0.497 e. The fourth-order valence-electron chi connectivity index (χ4n) is 7.53. The first kappa shape index (κ1) is 38.0. The summed E-state index contributed by atoms with van der Waals surface area (Å²) < 4.78 is 31.7. The molecule has 0 bridgehead atoms. The molecule has 58 heavy (non-hydrogen) atoms. The molecule has 8 rings (SSSR count). The van der Waals surface area contributed by atoms with Gasteiger partial charge < -0.3 is 28.8 Å². The Morgan fingerprint density at radius 1 is 0.793 bits per heavy atom. The standard InChI is InChI=1S/C44H38N4O10/c1-54-30-17-13-28(14-18-30)44(27-9-4-3-5-10-27,29-15-19-31(55-2)20-16-29)56-25-35-34(58-38(51)23-22-37(49)50)24-36(57-35)48-41-40(42(52)47-43(48)53)46-39-32-11-7-6-8-26(32)12-21-33(39)45-41/h3-21,34-36H,22-25H2,1-2H3,(H,49,50)(H,47,52,53)/t34-,35+,36+/m0/s1. The number of carbonyl (C=O) groups excluding carboxylic acids is 1. The van der Waals surface area contributed by atoms with Crippen LogP contribution < -0.4 is 20.7 Å². The maximum absolute atomic E-state index is 13.7. The molecule has 2 aromatic heterocycles. The maximum atomic E-state index is 13.7. The molecule has 1 aliphatic rings. The van der Waals surface area contributed by atoms with E-state index in [1.54, 1.807) is 20.3 Å². The van der Waals surface area contributed by atoms with E-state index in [9.17, 15) is 24.3 Å². The summed E-state index contributed by atoms with van der Waals surface area (Å²) in [4.78, 5) is 63.3. The molecular weight excluding hydrogens is 745 g/mol. The van der Waals surface area contributed by atoms with Gasteiger partial charge in [0, 0.05) is 11.8 Å². The van der Waals surface area contributed by atoms with Crippen LogP contribution in [0.25, 0.3) is 33.0 Å². The van der Waals surface area contributed by atoms with E-state index in [4.69, 9.17) is 33.7 Å². The van der Waals surface area contributed by atoms with Crippen LogP contribution in [0.3, 0.4) is 0 Å². The molecule has 14 nitrogen and oxygen atoms in total. The van der Waals surface area contributed by atoms with Crippen molar-refractivity contribution in [3.05, 3.63) is 153 Å². The van der Waals surface area contributed by atoms with Crippen LogP contribution in [-0.4, -0.2) is 69.6 Å². The maximum Gasteiger partial charge on any atom is 0.332 e. The number of carbonyl (C=O) groups is 2. The Morgan fingerprint density at radius 2 is 1.43 bits per heavy atom. The normalized spacial score (nSPS) is 16.8. The predicted octanol–water partition coefficient (Wildman–Crippen LogP) is 5.88. The van der Waals surface area contributed by atoms with E-state index < -0.39 is 53.6 Å². The lowest BCUT2D eigenvalue weighted by atomic mass is 9.80. The summed E-state index contributed by atoms with van der Waals surface area (Å²) in [6.07, 6.45) is -4.01. The number of carboxylic acid groups (broad SMARTS) is 1. The van der Waals surface area contributed by atoms with Crippen LogP contribution in [0.2, 0.25) is 0 Å². The molecule has 1 saturated heterocycles. The average Bonchev–Trinajstić information content (AvgIpc) is 3.64. The third kappa shape index (κ3) is 7.14. The van der Waals surface area contributed by atoms with Crippen LogP contribution in [0.1, 0.15) is 42.2 Å². The molecule has 2 N–H and O–H groups in total. The van der Waals surface area contributed by atoms with Gasteiger partial charge in [0.2, 0.25) is 0 Å². The molecule has 0 amide bonds. The highest BCUT2D eigenvalue weighted by molar-refractivity contribution is 6.05. The Morgan fingerprint density at radius 3 is 2.09 bits per heavy atom. The molecule has 5 aromatic carbocycles. The van der Waals surface area contributed by atoms with Gasteiger partial charge in [-0.2, -0.15) is 0 Å². The molecule has 0 aliphatic carbocycles. The van der Waals surface area contributed by atoms with Gasteiger partial charge >= 0.3 is 17.6 Å². The number of carboxylic acids is 1. The van der Waals surface area contributed by atoms with Crippen molar-refractivity contribution < 1.29 is 38.4 Å². The quantitative estimate of drug-likeness (QED) is 0.0615. The first-order valence-corrected chi connectivity index (χ1v) is 18.6. The van der Waals surface area contributed by atoms with Crippen molar-refractivity contribution in [1.29, 1.82) is 0 Å². The van der Waals surface area contributed by atoms with Crippen LogP contribution in [0, 0.1) is 0 Å². The molecule has 3 atom stereocenters. The van der Waals surface area contributed by atoms with E-state index in [2.05, 4.69) is 4.98 Å². The van der Waals surface area contributed by atoms with Crippen LogP contribution in [0.15, 0.2) is 125 Å². The van der Waals surface area contributed by atoms with Crippen LogP contribution in [0.5, 0.6) is 11.5 Å². The summed E-state index contributed by atoms with van der Waals surface area (Å²) in [5.41, 5.74) is 0.298. The molecule has 14 heteroatoms. The molecule has 7 aromatic rings. The zero-order valence-electron chi connectivity index (χ0n) is 31.5. The molecule has 3 heterocycles. The summed E-state index contributed by atoms with van der Waals surface area (Å²) in [5, 5.41) is 11.0. The van der Waals surface area contributed by atoms with Crippen LogP contribution >= 0.6 is 0 Å². The molecule has 0 spiro atoms. The number of nitrogens with one attached hydrogen (secondary N) is 1. The fourth-order valence-corrected chi connectivity index (χ4v) is 7.53. The second-order valence-electron chi connectivity index (χ2n) is 13.8. The number of nitrogens with zero attached hydrogens (tertiary/aromatic N) is 3. The van der Waals surface area contributed by atoms with Crippen molar-refractivity contribution in [2.24, 2.45) is 0 Å². The van der Waals surface area contributed by atoms with Crippen molar-refractivity contribution in [2.75, 3.05) is 20.8 Å². The number of H-pyrrole nitrogens is 1. The van der Waals surface area contributed by atoms with E-state index in [1.165, 1.54) is 4.57 Å². The summed E-state index contributed by atoms with van der Waals surface area (Å²) in [5.74, 6) is -0.650. The number of methoxy groups -OCH3 is 2. The van der Waals surface area contributed by atoms with E-state index in [0.717, 1.165) is 27.5 Å². The van der Waals surface area contributed by atoms with E-state index in [-0.39, 0.29) is 30.6 Å². The number of rotatable bonds is 13. The summed E-state index contributed by atoms with van der Waals surface area (Å²) >= 11 is 0. The number of aromatic nitrogens is 4. The molecule has 0 radical (unpaired) electrons. The van der Waals surface area contributed by atoms with Crippen LogP contribution in [0.4, 0.5) is 0 Å². The summed E-state index contributed by atoms with van der Waals surface area (Å²) in [6, 6.07) is 35.7. The zero-order valence-corrected chi connectivity index (χ0v) is 31.5. The molecule has 1 fully saturated rings. The lowest BCUT2D eigenvalue weighted by Crippen LogP contribution is -2.39. The highest BCUT2D eigenvalue weighted by atomic mass is 16.6. The highest BCUT2D eigenvalue weighted by Gasteiger charge is 2.44. The largest absolute Gasteiger partial charge is 0.497 e. The number of benzene rings is 5. The summed E-state index contributed by atoms with van der Waals surface area (Å²) in [7, 11) is 3.16. The Hall–Kier alpha value is -6.90. The second kappa shape index (κ2) is 15.9. The minimum atomic E-state index is -1.27. The molecule has 0 saturated carbocycles. The Balaban J connectivity index is 1.22. The Bertz CT molecular complexity index is 2700. The number of hydrogen-bond acceptors (Lipinski definition) is 11. The Labute approximate surface area is 330 Å². The lowest BCUT2D eigenvalue weighted by molar-refractivity contribution is -0.157. The first-order chi connectivity index (χ1) is 28.2. The van der Waals surface area contributed by atoms with Gasteiger partial charge in [0.15, 0.2) is 11.2 Å². The topological polar surface area (TPSA) is 181 Å². The lowest BCUT2D eigenvalue weighted by Gasteiger charge is -2.37. The predicted molar refractivity (Wildman–Crippen MR) is 213 cm³/mol. The molecular formula is C44H38N4O10. The van der Waals surface area contributed by atoms with Crippen molar-refractivity contribution in [3.63, 3.8) is 0 Å². The van der Waals surface area contributed by atoms with Gasteiger partial charge in [0.25, 0.3) is 5.56 Å². The third-order valence-electron chi connectivity index (χ3n) is 10.4. The fraction of sp³-hybridized carbons (Fsp3) is 0.227. The van der Waals surface area contributed by atoms with Gasteiger partial charge in [-0.3, -0.25) is 19.4 Å². The van der Waals surface area contributed by atoms with Gasteiger partial charge in [-0.15, -0.1) is 0 Å². The van der Waals surface area contributed by atoms with E-state index in [0.29, 0.717) is 22.5 Å². The average molecular weight is 783 g/mol. The number of fused-ring (bicyclic) bond motifs is 4. The smallest absolute Gasteiger partial charge is 0.332 e. The van der Waals surface area contributed by atoms with Crippen molar-refractivity contribution in [1.82, 2.24) is 19.5 Å². The van der Waals surface area contributed by atoms with Gasteiger partial charge in [-0.05, 0) is 52.4 Å². The van der Waals surface area contributed by atoms with Crippen molar-refractivity contribution in [3.8, 4) is 11.5 Å². The van der Waals surface area contributed by atoms with Crippen molar-refractivity contribution >= 4 is 44.9 Å². The summed E-state index contributed by atoms with van der Waals surface area (Å²) in [6.45, 7) is -0.184. The van der Waals surface area contributed by atoms with Crippen LogP contribution in [-0.2, 0) is 29.4 Å². The number of aliphatic carboxylic acids is 1.